The monoisotopic (exact) mass is 364 g/mol. The maximum atomic E-state index is 11.3. The molecule has 2 atom stereocenters. The topological polar surface area (TPSA) is 57.5 Å². The van der Waals surface area contributed by atoms with Gasteiger partial charge in [0.1, 0.15) is 5.92 Å². The minimum Gasteiger partial charge on any atom is -0.481 e. The van der Waals surface area contributed by atoms with Crippen LogP contribution in [-0.2, 0) is 4.79 Å². The molecule has 0 radical (unpaired) electrons. The van der Waals surface area contributed by atoms with Gasteiger partial charge >= 0.3 is 5.97 Å². The van der Waals surface area contributed by atoms with Gasteiger partial charge in [-0.15, -0.1) is 0 Å². The average Bonchev–Trinajstić information content (AvgIpc) is 2.62. The van der Waals surface area contributed by atoms with E-state index in [0.717, 1.165) is 12.8 Å². The number of carboxylic acids is 1. The first-order valence-electron chi connectivity index (χ1n) is 10.9. The molecular weight excluding hydrogens is 324 g/mol. The van der Waals surface area contributed by atoms with Crippen molar-refractivity contribution < 1.29 is 15.0 Å². The lowest BCUT2D eigenvalue weighted by molar-refractivity contribution is -0.146. The van der Waals surface area contributed by atoms with Crippen molar-refractivity contribution in [1.82, 2.24) is 0 Å². The van der Waals surface area contributed by atoms with Gasteiger partial charge in [0.15, 0.2) is 0 Å². The molecule has 0 aromatic rings. The number of unbranched alkanes of at least 4 members (excludes halogenated alkanes) is 13. The molecular formula is C23H40O3. The number of aliphatic hydroxyl groups is 1. The Morgan fingerprint density at radius 1 is 0.808 bits per heavy atom. The maximum absolute atomic E-state index is 11.3. The first-order chi connectivity index (χ1) is 12.6. The van der Waals surface area contributed by atoms with Crippen LogP contribution in [0.3, 0.4) is 0 Å². The van der Waals surface area contributed by atoms with E-state index >= 15 is 0 Å². The minimum absolute atomic E-state index is 0.531. The van der Waals surface area contributed by atoms with Crippen LogP contribution in [0.15, 0.2) is 24.3 Å². The van der Waals surface area contributed by atoms with Crippen LogP contribution in [0.4, 0.5) is 0 Å². The molecule has 0 heterocycles. The summed E-state index contributed by atoms with van der Waals surface area (Å²) in [6, 6.07) is 0. The predicted molar refractivity (Wildman–Crippen MR) is 109 cm³/mol. The normalized spacial score (nSPS) is 22.0. The van der Waals surface area contributed by atoms with E-state index in [4.69, 9.17) is 0 Å². The van der Waals surface area contributed by atoms with Crippen LogP contribution in [0.1, 0.15) is 103 Å². The number of hydrogen-bond acceptors (Lipinski definition) is 2. The third-order valence-electron chi connectivity index (χ3n) is 5.53. The Bertz CT molecular complexity index is 427. The molecule has 0 aromatic carbocycles. The molecule has 0 amide bonds. The smallest absolute Gasteiger partial charge is 0.313 e. The molecule has 0 aliphatic heterocycles. The molecule has 0 bridgehead atoms. The Hall–Kier alpha value is -1.09. The molecule has 0 saturated heterocycles. The van der Waals surface area contributed by atoms with Crippen molar-refractivity contribution in [1.29, 1.82) is 0 Å². The fraction of sp³-hybridized carbons (Fsp3) is 0.783. The highest BCUT2D eigenvalue weighted by Crippen LogP contribution is 2.30. The number of rotatable bonds is 16. The van der Waals surface area contributed by atoms with Gasteiger partial charge in [-0.1, -0.05) is 121 Å². The van der Waals surface area contributed by atoms with Crippen molar-refractivity contribution in [2.24, 2.45) is 5.92 Å². The number of aliphatic carboxylic acids is 1. The van der Waals surface area contributed by atoms with E-state index in [1.807, 2.05) is 0 Å². The fourth-order valence-electron chi connectivity index (χ4n) is 3.81. The molecule has 26 heavy (non-hydrogen) atoms. The highest BCUT2D eigenvalue weighted by atomic mass is 16.4. The second-order valence-electron chi connectivity index (χ2n) is 7.90. The number of hydrogen-bond donors (Lipinski definition) is 2. The Balaban J connectivity index is 1.94. The standard InChI is InChI=1S/C23H40O3/c1-2-3-4-5-6-7-8-9-10-11-12-13-14-16-19-23(26)20-17-15-18-21(23)22(24)25/h15,17-18,20-21,26H,2-14,16,19H2,1H3,(H,24,25). The minimum atomic E-state index is -1.21. The fourth-order valence-corrected chi connectivity index (χ4v) is 3.81. The summed E-state index contributed by atoms with van der Waals surface area (Å²) < 4.78 is 0. The van der Waals surface area contributed by atoms with Crippen LogP contribution < -0.4 is 0 Å². The van der Waals surface area contributed by atoms with E-state index < -0.39 is 17.5 Å². The first kappa shape index (κ1) is 23.0. The van der Waals surface area contributed by atoms with Gasteiger partial charge in [-0.25, -0.2) is 0 Å². The molecule has 2 N–H and O–H groups in total. The van der Waals surface area contributed by atoms with Gasteiger partial charge in [-0.2, -0.15) is 0 Å². The van der Waals surface area contributed by atoms with Crippen LogP contribution >= 0.6 is 0 Å². The Labute approximate surface area is 160 Å². The molecule has 3 nitrogen and oxygen atoms in total. The van der Waals surface area contributed by atoms with E-state index in [2.05, 4.69) is 6.92 Å². The van der Waals surface area contributed by atoms with Crippen LogP contribution in [0.2, 0.25) is 0 Å². The quantitative estimate of drug-likeness (QED) is 0.311. The van der Waals surface area contributed by atoms with Gasteiger partial charge in [0.05, 0.1) is 5.60 Å². The predicted octanol–water partition coefficient (Wildman–Crippen LogP) is 6.42. The van der Waals surface area contributed by atoms with E-state index in [1.165, 1.54) is 77.0 Å². The molecule has 1 aliphatic carbocycles. The molecule has 0 spiro atoms. The molecule has 0 aromatic heterocycles. The number of carbonyl (C=O) groups is 1. The second-order valence-corrected chi connectivity index (χ2v) is 7.90. The lowest BCUT2D eigenvalue weighted by Gasteiger charge is -2.31. The third-order valence-corrected chi connectivity index (χ3v) is 5.53. The third kappa shape index (κ3) is 9.56. The van der Waals surface area contributed by atoms with E-state index in [9.17, 15) is 15.0 Å². The Morgan fingerprint density at radius 3 is 1.73 bits per heavy atom. The number of carboxylic acid groups (broad SMARTS) is 1. The van der Waals surface area contributed by atoms with E-state index in [1.54, 1.807) is 24.3 Å². The molecule has 2 unspecified atom stereocenters. The van der Waals surface area contributed by atoms with Gasteiger partial charge in [-0.05, 0) is 6.42 Å². The summed E-state index contributed by atoms with van der Waals surface area (Å²) in [5, 5.41) is 19.8. The van der Waals surface area contributed by atoms with Crippen LogP contribution in [0.5, 0.6) is 0 Å². The summed E-state index contributed by atoms with van der Waals surface area (Å²) in [4.78, 5) is 11.3. The summed E-state index contributed by atoms with van der Waals surface area (Å²) in [6.45, 7) is 2.26. The summed E-state index contributed by atoms with van der Waals surface area (Å²) in [6.07, 6.45) is 25.4. The van der Waals surface area contributed by atoms with Gasteiger partial charge in [-0.3, -0.25) is 4.79 Å². The zero-order chi connectivity index (χ0) is 19.1. The molecule has 1 aliphatic rings. The van der Waals surface area contributed by atoms with Crippen LogP contribution in [0, 0.1) is 5.92 Å². The van der Waals surface area contributed by atoms with Gasteiger partial charge in [0.2, 0.25) is 0 Å². The van der Waals surface area contributed by atoms with Crippen molar-refractivity contribution in [2.45, 2.75) is 109 Å². The zero-order valence-electron chi connectivity index (χ0n) is 16.8. The van der Waals surface area contributed by atoms with Crippen LogP contribution in [-0.4, -0.2) is 21.8 Å². The molecule has 3 heteroatoms. The van der Waals surface area contributed by atoms with Crippen molar-refractivity contribution in [3.63, 3.8) is 0 Å². The Morgan fingerprint density at radius 2 is 1.27 bits per heavy atom. The maximum Gasteiger partial charge on any atom is 0.313 e. The lowest BCUT2D eigenvalue weighted by Crippen LogP contribution is -2.40. The van der Waals surface area contributed by atoms with Gasteiger partial charge < -0.3 is 10.2 Å². The number of allylic oxidation sites excluding steroid dienone is 2. The van der Waals surface area contributed by atoms with Gasteiger partial charge in [0.25, 0.3) is 0 Å². The summed E-state index contributed by atoms with van der Waals surface area (Å²) >= 11 is 0. The molecule has 0 saturated carbocycles. The largest absolute Gasteiger partial charge is 0.481 e. The summed E-state index contributed by atoms with van der Waals surface area (Å²) in [5.41, 5.74) is -1.21. The summed E-state index contributed by atoms with van der Waals surface area (Å²) in [5.74, 6) is -1.76. The lowest BCUT2D eigenvalue weighted by atomic mass is 9.80. The summed E-state index contributed by atoms with van der Waals surface area (Å²) in [7, 11) is 0. The average molecular weight is 365 g/mol. The van der Waals surface area contributed by atoms with Crippen molar-refractivity contribution >= 4 is 5.97 Å². The van der Waals surface area contributed by atoms with Crippen molar-refractivity contribution in [3.8, 4) is 0 Å². The van der Waals surface area contributed by atoms with Gasteiger partial charge in [0, 0.05) is 0 Å². The zero-order valence-corrected chi connectivity index (χ0v) is 16.8. The SMILES string of the molecule is CCCCCCCCCCCCCCCCC1(O)C=CC=CC1C(=O)O. The Kier molecular flexibility index (Phi) is 12.4. The molecule has 0 fully saturated rings. The highest BCUT2D eigenvalue weighted by Gasteiger charge is 2.38. The van der Waals surface area contributed by atoms with E-state index in [-0.39, 0.29) is 0 Å². The highest BCUT2D eigenvalue weighted by molar-refractivity contribution is 5.75. The van der Waals surface area contributed by atoms with E-state index in [0.29, 0.717) is 6.42 Å². The second kappa shape index (κ2) is 14.0. The van der Waals surface area contributed by atoms with Crippen LogP contribution in [0.25, 0.3) is 0 Å². The molecule has 1 rings (SSSR count). The van der Waals surface area contributed by atoms with Crippen molar-refractivity contribution in [2.75, 3.05) is 0 Å². The van der Waals surface area contributed by atoms with Crippen molar-refractivity contribution in [3.05, 3.63) is 24.3 Å². The first-order valence-corrected chi connectivity index (χ1v) is 10.9. The molecule has 150 valence electrons.